The van der Waals surface area contributed by atoms with E-state index in [4.69, 9.17) is 8.83 Å². The topological polar surface area (TPSA) is 84.5 Å². The van der Waals surface area contributed by atoms with Gasteiger partial charge in [-0.05, 0) is 92.9 Å². The second-order valence-corrected chi connectivity index (χ2v) is 9.66. The van der Waals surface area contributed by atoms with E-state index in [0.29, 0.717) is 23.4 Å². The van der Waals surface area contributed by atoms with Crippen molar-refractivity contribution >= 4 is 11.8 Å². The first-order chi connectivity index (χ1) is 15.0. The summed E-state index contributed by atoms with van der Waals surface area (Å²) < 4.78 is 10.4. The van der Waals surface area contributed by atoms with Gasteiger partial charge in [-0.3, -0.25) is 9.59 Å². The summed E-state index contributed by atoms with van der Waals surface area (Å²) in [6.07, 6.45) is 11.0. The molecule has 0 unspecified atom stereocenters. The Morgan fingerprint density at radius 2 is 1.26 bits per heavy atom. The lowest BCUT2D eigenvalue weighted by Crippen LogP contribution is -2.44. The van der Waals surface area contributed by atoms with E-state index in [0.717, 1.165) is 50.4 Å². The van der Waals surface area contributed by atoms with Gasteiger partial charge in [0.15, 0.2) is 11.5 Å². The number of nitrogens with one attached hydrogen (secondary N) is 2. The molecule has 168 valence electrons. The highest BCUT2D eigenvalue weighted by Crippen LogP contribution is 2.39. The molecule has 2 aromatic rings. The lowest BCUT2D eigenvalue weighted by atomic mass is 9.70. The van der Waals surface area contributed by atoms with Crippen molar-refractivity contribution in [3.05, 3.63) is 48.3 Å². The average Bonchev–Trinajstić information content (AvgIpc) is 3.46. The fourth-order valence-corrected chi connectivity index (χ4v) is 5.64. The Morgan fingerprint density at radius 3 is 1.61 bits per heavy atom. The van der Waals surface area contributed by atoms with Crippen LogP contribution in [-0.2, 0) is 0 Å². The zero-order valence-corrected chi connectivity index (χ0v) is 18.5. The third-order valence-electron chi connectivity index (χ3n) is 7.35. The molecule has 6 heteroatoms. The highest BCUT2D eigenvalue weighted by atomic mass is 16.3. The molecule has 4 rings (SSSR count). The van der Waals surface area contributed by atoms with E-state index in [9.17, 15) is 9.59 Å². The summed E-state index contributed by atoms with van der Waals surface area (Å²) >= 11 is 0. The Bertz CT molecular complexity index is 775. The lowest BCUT2D eigenvalue weighted by Gasteiger charge is -2.39. The van der Waals surface area contributed by atoms with Crippen LogP contribution >= 0.6 is 0 Å². The summed E-state index contributed by atoms with van der Waals surface area (Å²) in [5.41, 5.74) is 0. The minimum atomic E-state index is -0.107. The second kappa shape index (κ2) is 9.75. The van der Waals surface area contributed by atoms with Crippen molar-refractivity contribution < 1.29 is 18.4 Å². The Labute approximate surface area is 184 Å². The number of carbonyl (C=O) groups excluding carboxylic acids is 2. The van der Waals surface area contributed by atoms with E-state index in [1.54, 1.807) is 24.3 Å². The third kappa shape index (κ3) is 5.41. The number of hydrogen-bond donors (Lipinski definition) is 2. The van der Waals surface area contributed by atoms with Gasteiger partial charge >= 0.3 is 0 Å². The monoisotopic (exact) mass is 426 g/mol. The van der Waals surface area contributed by atoms with Gasteiger partial charge in [-0.2, -0.15) is 0 Å². The van der Waals surface area contributed by atoms with Gasteiger partial charge in [0.25, 0.3) is 11.8 Å². The normalized spacial score (nSPS) is 31.2. The van der Waals surface area contributed by atoms with Crippen LogP contribution in [0.1, 0.15) is 79.9 Å². The van der Waals surface area contributed by atoms with Crippen LogP contribution in [0.2, 0.25) is 0 Å². The van der Waals surface area contributed by atoms with E-state index in [2.05, 4.69) is 24.5 Å². The van der Waals surface area contributed by atoms with Crippen LogP contribution in [0.15, 0.2) is 45.6 Å². The predicted molar refractivity (Wildman–Crippen MR) is 118 cm³/mol. The first kappa shape index (κ1) is 21.7. The van der Waals surface area contributed by atoms with Crippen molar-refractivity contribution in [2.75, 3.05) is 0 Å². The zero-order valence-electron chi connectivity index (χ0n) is 18.5. The van der Waals surface area contributed by atoms with Gasteiger partial charge in [0.05, 0.1) is 12.5 Å². The van der Waals surface area contributed by atoms with Crippen molar-refractivity contribution in [3.8, 4) is 0 Å². The van der Waals surface area contributed by atoms with E-state index in [1.807, 2.05) is 0 Å². The maximum atomic E-state index is 12.3. The largest absolute Gasteiger partial charge is 0.459 e. The van der Waals surface area contributed by atoms with E-state index in [-0.39, 0.29) is 23.9 Å². The van der Waals surface area contributed by atoms with Crippen LogP contribution in [0.25, 0.3) is 0 Å². The molecule has 31 heavy (non-hydrogen) atoms. The second-order valence-electron chi connectivity index (χ2n) is 9.66. The fourth-order valence-electron chi connectivity index (χ4n) is 5.64. The smallest absolute Gasteiger partial charge is 0.287 e. The quantitative estimate of drug-likeness (QED) is 0.678. The van der Waals surface area contributed by atoms with Crippen molar-refractivity contribution in [2.45, 2.75) is 70.9 Å². The standard InChI is InChI=1S/C25H34N2O4/c1-16-13-18(7-9-20(16)26-24(28)22-5-3-11-30-22)15-19-8-10-21(17(2)14-19)27-25(29)23-6-4-12-31-23/h3-6,11-12,16-21H,7-10,13-15H2,1-2H3,(H,26,28)(H,27,29)/t16-,17-,18-,19+,20+,21+/m1/s1. The van der Waals surface area contributed by atoms with Gasteiger partial charge in [-0.1, -0.05) is 13.8 Å². The summed E-state index contributed by atoms with van der Waals surface area (Å²) in [6, 6.07) is 7.35. The Morgan fingerprint density at radius 1 is 0.806 bits per heavy atom. The number of amides is 2. The molecule has 0 radical (unpaired) electrons. The molecule has 6 nitrogen and oxygen atoms in total. The zero-order chi connectivity index (χ0) is 21.8. The Kier molecular flexibility index (Phi) is 6.83. The molecule has 2 aliphatic carbocycles. The summed E-state index contributed by atoms with van der Waals surface area (Å²) in [4.78, 5) is 24.6. The minimum Gasteiger partial charge on any atom is -0.459 e. The number of rotatable bonds is 6. The fraction of sp³-hybridized carbons (Fsp3) is 0.600. The summed E-state index contributed by atoms with van der Waals surface area (Å²) in [6.45, 7) is 4.51. The highest BCUT2D eigenvalue weighted by Gasteiger charge is 2.34. The van der Waals surface area contributed by atoms with Gasteiger partial charge in [0.2, 0.25) is 0 Å². The Hall–Kier alpha value is -2.50. The number of carbonyl (C=O) groups is 2. The first-order valence-electron chi connectivity index (χ1n) is 11.7. The molecule has 2 N–H and O–H groups in total. The number of hydrogen-bond acceptors (Lipinski definition) is 4. The van der Waals surface area contributed by atoms with Crippen LogP contribution in [0.4, 0.5) is 0 Å². The van der Waals surface area contributed by atoms with Crippen molar-refractivity contribution in [3.63, 3.8) is 0 Å². The first-order valence-corrected chi connectivity index (χ1v) is 11.7. The molecule has 0 bridgehead atoms. The minimum absolute atomic E-state index is 0.107. The van der Waals surface area contributed by atoms with Gasteiger partial charge in [-0.15, -0.1) is 0 Å². The number of furan rings is 2. The Balaban J connectivity index is 1.21. The maximum Gasteiger partial charge on any atom is 0.287 e. The molecule has 0 aromatic carbocycles. The van der Waals surface area contributed by atoms with Crippen LogP contribution < -0.4 is 10.6 Å². The molecule has 0 spiro atoms. The van der Waals surface area contributed by atoms with Gasteiger partial charge < -0.3 is 19.5 Å². The van der Waals surface area contributed by atoms with Gasteiger partial charge in [0, 0.05) is 12.1 Å². The molecule has 0 saturated heterocycles. The molecule has 2 saturated carbocycles. The average molecular weight is 427 g/mol. The highest BCUT2D eigenvalue weighted by molar-refractivity contribution is 5.92. The van der Waals surface area contributed by atoms with Gasteiger partial charge in [0.1, 0.15) is 0 Å². The molecule has 2 heterocycles. The molecular formula is C25H34N2O4. The predicted octanol–water partition coefficient (Wildman–Crippen LogP) is 5.03. The summed E-state index contributed by atoms with van der Waals surface area (Å²) in [5.74, 6) is 2.95. The molecule has 6 atom stereocenters. The van der Waals surface area contributed by atoms with Crippen molar-refractivity contribution in [2.24, 2.45) is 23.7 Å². The van der Waals surface area contributed by atoms with Gasteiger partial charge in [-0.25, -0.2) is 0 Å². The van der Waals surface area contributed by atoms with E-state index < -0.39 is 0 Å². The van der Waals surface area contributed by atoms with E-state index in [1.165, 1.54) is 18.9 Å². The van der Waals surface area contributed by atoms with Crippen molar-refractivity contribution in [1.82, 2.24) is 10.6 Å². The van der Waals surface area contributed by atoms with Crippen LogP contribution in [0.3, 0.4) is 0 Å². The third-order valence-corrected chi connectivity index (χ3v) is 7.35. The molecule has 2 aromatic heterocycles. The van der Waals surface area contributed by atoms with Crippen LogP contribution in [0.5, 0.6) is 0 Å². The summed E-state index contributed by atoms with van der Waals surface area (Å²) in [5, 5.41) is 6.31. The lowest BCUT2D eigenvalue weighted by molar-refractivity contribution is 0.0841. The molecule has 2 fully saturated rings. The molecular weight excluding hydrogens is 392 g/mol. The molecule has 0 aliphatic heterocycles. The van der Waals surface area contributed by atoms with Crippen LogP contribution in [-0.4, -0.2) is 23.9 Å². The molecule has 2 aliphatic rings. The van der Waals surface area contributed by atoms with E-state index >= 15 is 0 Å². The maximum absolute atomic E-state index is 12.3. The molecule has 2 amide bonds. The van der Waals surface area contributed by atoms with Crippen molar-refractivity contribution in [1.29, 1.82) is 0 Å². The SMILES string of the molecule is C[C@@H]1C[C@@H](C[C@@H]2CC[C@H](NC(=O)c3ccco3)[C@H](C)C2)CC[C@@H]1NC(=O)c1ccco1. The summed E-state index contributed by atoms with van der Waals surface area (Å²) in [7, 11) is 0. The van der Waals surface area contributed by atoms with Crippen LogP contribution in [0, 0.1) is 23.7 Å².